The summed E-state index contributed by atoms with van der Waals surface area (Å²) in [6.07, 6.45) is 2.13. The van der Waals surface area contributed by atoms with E-state index < -0.39 is 0 Å². The maximum atomic E-state index is 6.38. The number of likely N-dealkylation sites (N-methyl/N-ethyl adjacent to an activating group) is 1. The highest BCUT2D eigenvalue weighted by Crippen LogP contribution is 2.31. The van der Waals surface area contributed by atoms with Crippen molar-refractivity contribution in [1.29, 1.82) is 0 Å². The SMILES string of the molecule is CCC(N)C(c1ccccc1OC)N(C)CCC(C)C. The average molecular weight is 278 g/mol. The first kappa shape index (κ1) is 17.0. The number of para-hydroxylation sites is 1. The Morgan fingerprint density at radius 1 is 1.25 bits per heavy atom. The first-order chi connectivity index (χ1) is 9.51. The molecule has 20 heavy (non-hydrogen) atoms. The van der Waals surface area contributed by atoms with E-state index in [2.05, 4.69) is 44.9 Å². The van der Waals surface area contributed by atoms with Gasteiger partial charge in [-0.2, -0.15) is 0 Å². The summed E-state index contributed by atoms with van der Waals surface area (Å²) in [4.78, 5) is 2.37. The van der Waals surface area contributed by atoms with Gasteiger partial charge in [0.2, 0.25) is 0 Å². The fourth-order valence-corrected chi connectivity index (χ4v) is 2.53. The minimum Gasteiger partial charge on any atom is -0.496 e. The second-order valence-electron chi connectivity index (χ2n) is 5.92. The molecular formula is C17H30N2O. The Morgan fingerprint density at radius 2 is 1.90 bits per heavy atom. The minimum atomic E-state index is 0.114. The van der Waals surface area contributed by atoms with E-state index in [9.17, 15) is 0 Å². The Bertz CT molecular complexity index is 392. The van der Waals surface area contributed by atoms with Crippen LogP contribution in [0.1, 0.15) is 45.2 Å². The molecule has 0 aliphatic rings. The Kier molecular flexibility index (Phi) is 7.03. The molecule has 0 radical (unpaired) electrons. The van der Waals surface area contributed by atoms with Gasteiger partial charge >= 0.3 is 0 Å². The third kappa shape index (κ3) is 4.50. The van der Waals surface area contributed by atoms with Gasteiger partial charge in [0, 0.05) is 11.6 Å². The van der Waals surface area contributed by atoms with Gasteiger partial charge in [-0.3, -0.25) is 4.90 Å². The summed E-state index contributed by atoms with van der Waals surface area (Å²) in [6, 6.07) is 8.53. The van der Waals surface area contributed by atoms with Crippen molar-refractivity contribution in [3.05, 3.63) is 29.8 Å². The Morgan fingerprint density at radius 3 is 2.45 bits per heavy atom. The van der Waals surface area contributed by atoms with Gasteiger partial charge in [0.15, 0.2) is 0 Å². The second kappa shape index (κ2) is 8.28. The number of hydrogen-bond acceptors (Lipinski definition) is 3. The summed E-state index contributed by atoms with van der Waals surface area (Å²) in [6.45, 7) is 7.70. The highest BCUT2D eigenvalue weighted by molar-refractivity contribution is 5.36. The standard InChI is InChI=1S/C17H30N2O/c1-6-15(18)17(19(4)12-11-13(2)3)14-9-7-8-10-16(14)20-5/h7-10,13,15,17H,6,11-12,18H2,1-5H3. The van der Waals surface area contributed by atoms with Crippen LogP contribution in [0.3, 0.4) is 0 Å². The van der Waals surface area contributed by atoms with Crippen LogP contribution in [-0.4, -0.2) is 31.6 Å². The Balaban J connectivity index is 2.99. The first-order valence-electron chi connectivity index (χ1n) is 7.60. The summed E-state index contributed by atoms with van der Waals surface area (Å²) in [5.74, 6) is 1.63. The van der Waals surface area contributed by atoms with Crippen LogP contribution in [0.25, 0.3) is 0 Å². The molecule has 3 nitrogen and oxygen atoms in total. The number of nitrogens with two attached hydrogens (primary N) is 1. The van der Waals surface area contributed by atoms with Crippen molar-refractivity contribution in [2.24, 2.45) is 11.7 Å². The van der Waals surface area contributed by atoms with E-state index in [0.29, 0.717) is 5.92 Å². The van der Waals surface area contributed by atoms with Crippen LogP contribution in [0.2, 0.25) is 0 Å². The number of nitrogens with zero attached hydrogens (tertiary/aromatic N) is 1. The highest BCUT2D eigenvalue weighted by atomic mass is 16.5. The van der Waals surface area contributed by atoms with Crippen molar-refractivity contribution < 1.29 is 4.74 Å². The lowest BCUT2D eigenvalue weighted by Crippen LogP contribution is -2.39. The molecule has 0 saturated carbocycles. The average Bonchev–Trinajstić information content (AvgIpc) is 2.45. The summed E-state index contributed by atoms with van der Waals surface area (Å²) in [7, 11) is 3.89. The fraction of sp³-hybridized carbons (Fsp3) is 0.647. The minimum absolute atomic E-state index is 0.114. The molecule has 0 amide bonds. The molecule has 1 rings (SSSR count). The molecule has 0 bridgehead atoms. The molecule has 0 aliphatic heterocycles. The quantitative estimate of drug-likeness (QED) is 0.791. The van der Waals surface area contributed by atoms with Gasteiger partial charge in [-0.1, -0.05) is 39.0 Å². The normalized spacial score (nSPS) is 14.6. The zero-order chi connectivity index (χ0) is 15.1. The fourth-order valence-electron chi connectivity index (χ4n) is 2.53. The maximum absolute atomic E-state index is 6.38. The van der Waals surface area contributed by atoms with E-state index in [0.717, 1.165) is 18.7 Å². The van der Waals surface area contributed by atoms with E-state index in [1.54, 1.807) is 7.11 Å². The molecule has 0 aliphatic carbocycles. The predicted molar refractivity (Wildman–Crippen MR) is 86.1 cm³/mol. The van der Waals surface area contributed by atoms with Crippen molar-refractivity contribution in [3.8, 4) is 5.75 Å². The molecule has 0 heterocycles. The van der Waals surface area contributed by atoms with Crippen LogP contribution >= 0.6 is 0 Å². The monoisotopic (exact) mass is 278 g/mol. The van der Waals surface area contributed by atoms with Crippen LogP contribution in [-0.2, 0) is 0 Å². The van der Waals surface area contributed by atoms with Gasteiger partial charge in [-0.15, -0.1) is 0 Å². The van der Waals surface area contributed by atoms with Gasteiger partial charge in [0.1, 0.15) is 5.75 Å². The van der Waals surface area contributed by atoms with Crippen LogP contribution < -0.4 is 10.5 Å². The van der Waals surface area contributed by atoms with Crippen molar-refractivity contribution in [3.63, 3.8) is 0 Å². The molecular weight excluding hydrogens is 248 g/mol. The predicted octanol–water partition coefficient (Wildman–Crippen LogP) is 3.45. The van der Waals surface area contributed by atoms with Crippen LogP contribution in [0.4, 0.5) is 0 Å². The van der Waals surface area contributed by atoms with E-state index in [1.165, 1.54) is 12.0 Å². The van der Waals surface area contributed by atoms with E-state index >= 15 is 0 Å². The summed E-state index contributed by atoms with van der Waals surface area (Å²) < 4.78 is 5.51. The zero-order valence-electron chi connectivity index (χ0n) is 13.6. The molecule has 114 valence electrons. The lowest BCUT2D eigenvalue weighted by molar-refractivity contribution is 0.195. The molecule has 0 spiro atoms. The van der Waals surface area contributed by atoms with Gasteiger partial charge in [0.25, 0.3) is 0 Å². The number of rotatable bonds is 8. The van der Waals surface area contributed by atoms with Gasteiger partial charge in [-0.25, -0.2) is 0 Å². The van der Waals surface area contributed by atoms with Crippen molar-refractivity contribution in [2.75, 3.05) is 20.7 Å². The number of methoxy groups -OCH3 is 1. The molecule has 2 unspecified atom stereocenters. The molecule has 0 aromatic heterocycles. The smallest absolute Gasteiger partial charge is 0.123 e. The molecule has 0 fully saturated rings. The largest absolute Gasteiger partial charge is 0.496 e. The van der Waals surface area contributed by atoms with E-state index in [4.69, 9.17) is 10.5 Å². The second-order valence-corrected chi connectivity index (χ2v) is 5.92. The van der Waals surface area contributed by atoms with E-state index in [-0.39, 0.29) is 12.1 Å². The lowest BCUT2D eigenvalue weighted by Gasteiger charge is -2.34. The topological polar surface area (TPSA) is 38.5 Å². The third-order valence-corrected chi connectivity index (χ3v) is 3.87. The number of ether oxygens (including phenoxy) is 1. The Hall–Kier alpha value is -1.06. The van der Waals surface area contributed by atoms with Gasteiger partial charge in [-0.05, 0) is 38.4 Å². The summed E-state index contributed by atoms with van der Waals surface area (Å²) in [5.41, 5.74) is 7.57. The summed E-state index contributed by atoms with van der Waals surface area (Å²) >= 11 is 0. The van der Waals surface area contributed by atoms with Crippen LogP contribution in [0.15, 0.2) is 24.3 Å². The Labute approximate surface area is 124 Å². The van der Waals surface area contributed by atoms with Crippen molar-refractivity contribution >= 4 is 0 Å². The molecule has 0 saturated heterocycles. The molecule has 2 N–H and O–H groups in total. The summed E-state index contributed by atoms with van der Waals surface area (Å²) in [5, 5.41) is 0. The molecule has 2 atom stereocenters. The van der Waals surface area contributed by atoms with Crippen LogP contribution in [0.5, 0.6) is 5.75 Å². The first-order valence-corrected chi connectivity index (χ1v) is 7.60. The zero-order valence-corrected chi connectivity index (χ0v) is 13.6. The van der Waals surface area contributed by atoms with Gasteiger partial charge < -0.3 is 10.5 Å². The number of hydrogen-bond donors (Lipinski definition) is 1. The van der Waals surface area contributed by atoms with Crippen LogP contribution in [0, 0.1) is 5.92 Å². The maximum Gasteiger partial charge on any atom is 0.123 e. The molecule has 1 aromatic rings. The molecule has 1 aromatic carbocycles. The number of benzene rings is 1. The lowest BCUT2D eigenvalue weighted by atomic mass is 9.95. The molecule has 3 heteroatoms. The van der Waals surface area contributed by atoms with Crippen molar-refractivity contribution in [2.45, 2.75) is 45.7 Å². The van der Waals surface area contributed by atoms with Gasteiger partial charge in [0.05, 0.1) is 13.2 Å². The van der Waals surface area contributed by atoms with Crippen molar-refractivity contribution in [1.82, 2.24) is 4.90 Å². The van der Waals surface area contributed by atoms with E-state index in [1.807, 2.05) is 12.1 Å². The highest BCUT2D eigenvalue weighted by Gasteiger charge is 2.25. The third-order valence-electron chi connectivity index (χ3n) is 3.87.